The molecule has 0 saturated carbocycles. The molecule has 0 heterocycles. The van der Waals surface area contributed by atoms with E-state index >= 15 is 0 Å². The van der Waals surface area contributed by atoms with Crippen molar-refractivity contribution in [3.63, 3.8) is 0 Å². The molecule has 2 rings (SSSR count). The van der Waals surface area contributed by atoms with Gasteiger partial charge in [0, 0.05) is 0 Å². The number of halogens is 1. The second-order valence-corrected chi connectivity index (χ2v) is 6.04. The fraction of sp³-hybridized carbons (Fsp3) is 0.231. The van der Waals surface area contributed by atoms with Crippen LogP contribution in [0.4, 0.5) is 0 Å². The van der Waals surface area contributed by atoms with Gasteiger partial charge in [-0.1, -0.05) is 35.0 Å². The number of allylic oxidation sites excluding steroid dienone is 2. The van der Waals surface area contributed by atoms with E-state index in [0.29, 0.717) is 12.0 Å². The van der Waals surface area contributed by atoms with E-state index < -0.39 is 10.1 Å². The molecule has 0 radical (unpaired) electrons. The normalized spacial score (nSPS) is 15.6. The minimum absolute atomic E-state index is 0.0156. The Morgan fingerprint density at radius 1 is 1.40 bits per heavy atom. The first-order valence-corrected chi connectivity index (χ1v) is 7.69. The standard InChI is InChI=1S/C13H11ClN2O3S/c14-11-7-3-4-8-13(11)20(17,18)19-16-12(9-15)10-5-1-2-6-10/h3-5,7-8H,1-2,6H2. The number of benzene rings is 1. The monoisotopic (exact) mass is 310 g/mol. The van der Waals surface area contributed by atoms with E-state index in [4.69, 9.17) is 16.9 Å². The van der Waals surface area contributed by atoms with Crippen LogP contribution in [0, 0.1) is 11.3 Å². The van der Waals surface area contributed by atoms with Gasteiger partial charge in [-0.15, -0.1) is 0 Å². The lowest BCUT2D eigenvalue weighted by Crippen LogP contribution is -2.06. The highest BCUT2D eigenvalue weighted by Gasteiger charge is 2.20. The van der Waals surface area contributed by atoms with Crippen LogP contribution in [0.25, 0.3) is 0 Å². The van der Waals surface area contributed by atoms with E-state index in [0.717, 1.165) is 12.8 Å². The molecule has 0 fully saturated rings. The Morgan fingerprint density at radius 2 is 2.15 bits per heavy atom. The van der Waals surface area contributed by atoms with Crippen LogP contribution in [-0.2, 0) is 14.4 Å². The summed E-state index contributed by atoms with van der Waals surface area (Å²) in [4.78, 5) is -0.178. The average molecular weight is 311 g/mol. The Bertz CT molecular complexity index is 717. The predicted octanol–water partition coefficient (Wildman–Crippen LogP) is 3.04. The molecule has 0 aliphatic heterocycles. The zero-order valence-corrected chi connectivity index (χ0v) is 12.0. The van der Waals surface area contributed by atoms with E-state index in [1.807, 2.05) is 12.1 Å². The highest BCUT2D eigenvalue weighted by atomic mass is 35.5. The molecule has 20 heavy (non-hydrogen) atoms. The van der Waals surface area contributed by atoms with E-state index in [-0.39, 0.29) is 15.6 Å². The Kier molecular flexibility index (Phi) is 4.42. The Morgan fingerprint density at radius 3 is 2.75 bits per heavy atom. The van der Waals surface area contributed by atoms with E-state index in [9.17, 15) is 8.42 Å². The first-order valence-electron chi connectivity index (χ1n) is 5.90. The molecular formula is C13H11ClN2O3S. The van der Waals surface area contributed by atoms with Crippen molar-refractivity contribution in [3.8, 4) is 6.07 Å². The van der Waals surface area contributed by atoms with Crippen molar-refractivity contribution in [3.05, 3.63) is 40.9 Å². The van der Waals surface area contributed by atoms with E-state index in [2.05, 4.69) is 9.44 Å². The van der Waals surface area contributed by atoms with Crippen LogP contribution in [-0.4, -0.2) is 14.1 Å². The molecular weight excluding hydrogens is 300 g/mol. The minimum Gasteiger partial charge on any atom is -0.263 e. The molecule has 1 aromatic carbocycles. The number of rotatable bonds is 4. The number of oxime groups is 1. The Hall–Kier alpha value is -1.84. The van der Waals surface area contributed by atoms with Gasteiger partial charge in [0.25, 0.3) is 0 Å². The second-order valence-electron chi connectivity index (χ2n) is 4.13. The van der Waals surface area contributed by atoms with Crippen LogP contribution >= 0.6 is 11.6 Å². The Balaban J connectivity index is 2.25. The number of nitriles is 1. The van der Waals surface area contributed by atoms with Crippen molar-refractivity contribution >= 4 is 27.4 Å². The van der Waals surface area contributed by atoms with Gasteiger partial charge in [0.2, 0.25) is 0 Å². The molecule has 0 N–H and O–H groups in total. The smallest absolute Gasteiger partial charge is 0.263 e. The van der Waals surface area contributed by atoms with Crippen LogP contribution in [0.5, 0.6) is 0 Å². The summed E-state index contributed by atoms with van der Waals surface area (Å²) in [5.74, 6) is 0. The predicted molar refractivity (Wildman–Crippen MR) is 74.7 cm³/mol. The number of hydrogen-bond acceptors (Lipinski definition) is 5. The maximum Gasteiger partial charge on any atom is 0.360 e. The summed E-state index contributed by atoms with van der Waals surface area (Å²) < 4.78 is 28.5. The van der Waals surface area contributed by atoms with Gasteiger partial charge in [-0.05, 0) is 37.0 Å². The molecule has 0 unspecified atom stereocenters. The molecule has 0 aromatic heterocycles. The van der Waals surface area contributed by atoms with Crippen molar-refractivity contribution in [1.82, 2.24) is 0 Å². The van der Waals surface area contributed by atoms with Gasteiger partial charge in [0.05, 0.1) is 5.02 Å². The Labute approximate surface area is 122 Å². The van der Waals surface area contributed by atoms with Crippen molar-refractivity contribution < 1.29 is 12.7 Å². The fourth-order valence-electron chi connectivity index (χ4n) is 1.81. The zero-order valence-electron chi connectivity index (χ0n) is 10.4. The van der Waals surface area contributed by atoms with Crippen molar-refractivity contribution in [2.45, 2.75) is 24.2 Å². The highest BCUT2D eigenvalue weighted by Crippen LogP contribution is 2.23. The van der Waals surface area contributed by atoms with Gasteiger partial charge < -0.3 is 0 Å². The average Bonchev–Trinajstić information content (AvgIpc) is 2.94. The van der Waals surface area contributed by atoms with Gasteiger partial charge in [0.15, 0.2) is 5.71 Å². The fourth-order valence-corrected chi connectivity index (χ4v) is 3.04. The first kappa shape index (κ1) is 14.6. The number of nitrogens with zero attached hydrogens (tertiary/aromatic N) is 2. The highest BCUT2D eigenvalue weighted by molar-refractivity contribution is 7.86. The van der Waals surface area contributed by atoms with Gasteiger partial charge in [-0.25, -0.2) is 0 Å². The third kappa shape index (κ3) is 3.18. The molecule has 0 saturated heterocycles. The van der Waals surface area contributed by atoms with Crippen molar-refractivity contribution in [2.24, 2.45) is 5.16 Å². The molecule has 7 heteroatoms. The third-order valence-corrected chi connectivity index (χ3v) is 4.39. The molecule has 1 aliphatic carbocycles. The zero-order chi connectivity index (χ0) is 14.6. The molecule has 0 bridgehead atoms. The molecule has 0 amide bonds. The first-order chi connectivity index (χ1) is 9.54. The van der Waals surface area contributed by atoms with E-state index in [1.54, 1.807) is 6.07 Å². The topological polar surface area (TPSA) is 79.5 Å². The quantitative estimate of drug-likeness (QED) is 0.632. The number of hydrogen-bond donors (Lipinski definition) is 0. The van der Waals surface area contributed by atoms with Gasteiger partial charge in [-0.2, -0.15) is 13.7 Å². The summed E-state index contributed by atoms with van der Waals surface area (Å²) in [5.41, 5.74) is 0.694. The van der Waals surface area contributed by atoms with E-state index in [1.165, 1.54) is 18.2 Å². The van der Waals surface area contributed by atoms with Crippen molar-refractivity contribution in [1.29, 1.82) is 5.26 Å². The summed E-state index contributed by atoms with van der Waals surface area (Å²) in [7, 11) is -4.12. The lowest BCUT2D eigenvalue weighted by atomic mass is 10.1. The molecule has 0 spiro atoms. The van der Waals surface area contributed by atoms with Gasteiger partial charge in [0.1, 0.15) is 11.0 Å². The molecule has 5 nitrogen and oxygen atoms in total. The minimum atomic E-state index is -4.12. The lowest BCUT2D eigenvalue weighted by molar-refractivity contribution is 0.339. The largest absolute Gasteiger partial charge is 0.360 e. The summed E-state index contributed by atoms with van der Waals surface area (Å²) in [6, 6.07) is 7.72. The maximum atomic E-state index is 11.9. The van der Waals surface area contributed by atoms with Crippen LogP contribution in [0.15, 0.2) is 46.0 Å². The second kappa shape index (κ2) is 6.07. The van der Waals surface area contributed by atoms with Gasteiger partial charge in [-0.3, -0.25) is 4.28 Å². The summed E-state index contributed by atoms with van der Waals surface area (Å²) >= 11 is 5.80. The van der Waals surface area contributed by atoms with Crippen LogP contribution in [0.3, 0.4) is 0 Å². The van der Waals surface area contributed by atoms with Crippen LogP contribution < -0.4 is 0 Å². The third-order valence-electron chi connectivity index (χ3n) is 2.78. The summed E-state index contributed by atoms with van der Waals surface area (Å²) in [5, 5.41) is 12.5. The molecule has 1 aliphatic rings. The maximum absolute atomic E-state index is 11.9. The SMILES string of the molecule is N#CC(=NOS(=O)(=O)c1ccccc1Cl)C1=CCCC1. The molecule has 104 valence electrons. The summed E-state index contributed by atoms with van der Waals surface area (Å²) in [6.45, 7) is 0. The summed E-state index contributed by atoms with van der Waals surface area (Å²) in [6.07, 6.45) is 4.33. The van der Waals surface area contributed by atoms with Gasteiger partial charge >= 0.3 is 10.1 Å². The lowest BCUT2D eigenvalue weighted by Gasteiger charge is -2.04. The van der Waals surface area contributed by atoms with Crippen molar-refractivity contribution in [2.75, 3.05) is 0 Å². The molecule has 1 aromatic rings. The van der Waals surface area contributed by atoms with Crippen LogP contribution in [0.2, 0.25) is 5.02 Å². The van der Waals surface area contributed by atoms with Crippen LogP contribution in [0.1, 0.15) is 19.3 Å². The molecule has 0 atom stereocenters.